The van der Waals surface area contributed by atoms with Gasteiger partial charge in [-0.3, -0.25) is 0 Å². The molecule has 0 bridgehead atoms. The van der Waals surface area contributed by atoms with E-state index >= 15 is 0 Å². The molecule has 0 spiro atoms. The number of rotatable bonds is 4. The fraction of sp³-hybridized carbons (Fsp3) is 0.462. The summed E-state index contributed by atoms with van der Waals surface area (Å²) in [6, 6.07) is 5.35. The van der Waals surface area contributed by atoms with Crippen LogP contribution < -0.4 is 10.1 Å². The number of ether oxygens (including phenoxy) is 2. The molecule has 1 aromatic carbocycles. The van der Waals surface area contributed by atoms with Crippen LogP contribution in [0.1, 0.15) is 20.8 Å². The Balaban J connectivity index is 2.32. The topological polar surface area (TPSA) is 47.6 Å². The lowest BCUT2D eigenvalue weighted by atomic mass is 10.2. The van der Waals surface area contributed by atoms with Gasteiger partial charge in [-0.2, -0.15) is 0 Å². The molecule has 0 atom stereocenters. The Morgan fingerprint density at radius 1 is 1.42 bits per heavy atom. The maximum Gasteiger partial charge on any atom is 0.407 e. The lowest BCUT2D eigenvalue weighted by Gasteiger charge is -2.19. The van der Waals surface area contributed by atoms with Gasteiger partial charge in [0.1, 0.15) is 18.0 Å². The number of alkyl carbamates (subject to hydrolysis) is 1. The highest BCUT2D eigenvalue weighted by molar-refractivity contribution is 9.10. The van der Waals surface area contributed by atoms with E-state index in [9.17, 15) is 4.79 Å². The van der Waals surface area contributed by atoms with Crippen molar-refractivity contribution in [3.05, 3.63) is 27.7 Å². The minimum atomic E-state index is -0.499. The Bertz CT molecular complexity index is 446. The molecular weight excluding hydrogens is 334 g/mol. The van der Waals surface area contributed by atoms with Crippen LogP contribution >= 0.6 is 27.5 Å². The van der Waals surface area contributed by atoms with Gasteiger partial charge in [0, 0.05) is 0 Å². The van der Waals surface area contributed by atoms with Gasteiger partial charge in [0.15, 0.2) is 0 Å². The summed E-state index contributed by atoms with van der Waals surface area (Å²) in [5.41, 5.74) is -0.499. The molecule has 1 amide bonds. The Morgan fingerprint density at radius 3 is 2.74 bits per heavy atom. The van der Waals surface area contributed by atoms with Crippen molar-refractivity contribution in [1.29, 1.82) is 0 Å². The van der Waals surface area contributed by atoms with Gasteiger partial charge in [0.25, 0.3) is 0 Å². The van der Waals surface area contributed by atoms with Crippen LogP contribution in [-0.4, -0.2) is 24.8 Å². The van der Waals surface area contributed by atoms with Crippen LogP contribution in [0.25, 0.3) is 0 Å². The van der Waals surface area contributed by atoms with E-state index in [1.807, 2.05) is 20.8 Å². The Morgan fingerprint density at radius 2 is 2.11 bits per heavy atom. The second-order valence-electron chi connectivity index (χ2n) is 4.83. The minimum absolute atomic E-state index is 0.332. The molecule has 106 valence electrons. The fourth-order valence-electron chi connectivity index (χ4n) is 1.22. The third-order valence-electron chi connectivity index (χ3n) is 1.94. The van der Waals surface area contributed by atoms with Crippen molar-refractivity contribution in [3.63, 3.8) is 0 Å². The Labute approximate surface area is 126 Å². The van der Waals surface area contributed by atoms with Crippen molar-refractivity contribution in [2.75, 3.05) is 13.2 Å². The number of hydrogen-bond donors (Lipinski definition) is 1. The molecule has 19 heavy (non-hydrogen) atoms. The molecule has 0 saturated carbocycles. The van der Waals surface area contributed by atoms with E-state index in [1.165, 1.54) is 0 Å². The number of carbonyl (C=O) groups is 1. The smallest absolute Gasteiger partial charge is 0.407 e. The maximum absolute atomic E-state index is 11.4. The number of halogens is 2. The monoisotopic (exact) mass is 349 g/mol. The van der Waals surface area contributed by atoms with E-state index in [1.54, 1.807) is 18.2 Å². The highest BCUT2D eigenvalue weighted by Crippen LogP contribution is 2.31. The summed E-state index contributed by atoms with van der Waals surface area (Å²) in [7, 11) is 0. The second kappa shape index (κ2) is 7.01. The highest BCUT2D eigenvalue weighted by Gasteiger charge is 2.15. The molecular formula is C13H17BrClNO3. The third-order valence-corrected chi connectivity index (χ3v) is 3.31. The summed E-state index contributed by atoms with van der Waals surface area (Å²) in [4.78, 5) is 11.4. The van der Waals surface area contributed by atoms with Crippen molar-refractivity contribution >= 4 is 33.6 Å². The first-order valence-electron chi connectivity index (χ1n) is 5.83. The highest BCUT2D eigenvalue weighted by atomic mass is 79.9. The lowest BCUT2D eigenvalue weighted by Crippen LogP contribution is -2.34. The number of benzene rings is 1. The molecule has 0 aliphatic heterocycles. The fourth-order valence-corrected chi connectivity index (χ4v) is 1.77. The maximum atomic E-state index is 11.4. The Kier molecular flexibility index (Phi) is 5.94. The van der Waals surface area contributed by atoms with Crippen molar-refractivity contribution in [2.24, 2.45) is 0 Å². The van der Waals surface area contributed by atoms with Crippen LogP contribution in [-0.2, 0) is 4.74 Å². The predicted octanol–water partition coefficient (Wildman–Crippen LogP) is 4.01. The number of nitrogens with one attached hydrogen (secondary N) is 1. The van der Waals surface area contributed by atoms with Gasteiger partial charge >= 0.3 is 6.09 Å². The molecule has 0 unspecified atom stereocenters. The van der Waals surface area contributed by atoms with E-state index in [0.29, 0.717) is 28.4 Å². The summed E-state index contributed by atoms with van der Waals surface area (Å²) in [6.07, 6.45) is -0.457. The van der Waals surface area contributed by atoms with E-state index < -0.39 is 11.7 Å². The van der Waals surface area contributed by atoms with Crippen LogP contribution in [0.5, 0.6) is 5.75 Å². The first-order chi connectivity index (χ1) is 8.79. The summed E-state index contributed by atoms with van der Waals surface area (Å²) in [5, 5.41) is 3.19. The zero-order valence-corrected chi connectivity index (χ0v) is 13.5. The molecule has 4 nitrogen and oxygen atoms in total. The average Bonchev–Trinajstić information content (AvgIpc) is 2.27. The van der Waals surface area contributed by atoms with Crippen LogP contribution in [0.4, 0.5) is 4.79 Å². The zero-order valence-electron chi connectivity index (χ0n) is 11.1. The molecule has 0 radical (unpaired) electrons. The molecule has 0 fully saturated rings. The first kappa shape index (κ1) is 16.1. The van der Waals surface area contributed by atoms with Crippen molar-refractivity contribution in [3.8, 4) is 5.75 Å². The van der Waals surface area contributed by atoms with E-state index in [0.717, 1.165) is 0 Å². The van der Waals surface area contributed by atoms with Gasteiger partial charge in [-0.25, -0.2) is 4.79 Å². The normalized spacial score (nSPS) is 11.0. The summed E-state index contributed by atoms with van der Waals surface area (Å²) >= 11 is 9.27. The summed E-state index contributed by atoms with van der Waals surface area (Å²) in [5.74, 6) is 0.637. The first-order valence-corrected chi connectivity index (χ1v) is 7.00. The number of amides is 1. The molecule has 1 N–H and O–H groups in total. The standard InChI is InChI=1S/C13H17BrClNO3/c1-13(2,3)19-12(17)16-7-8-18-10-6-4-5-9(15)11(10)14/h4-6H,7-8H2,1-3H3,(H,16,17). The van der Waals surface area contributed by atoms with E-state index in [2.05, 4.69) is 21.2 Å². The van der Waals surface area contributed by atoms with Gasteiger partial charge in [0.2, 0.25) is 0 Å². The average molecular weight is 351 g/mol. The molecule has 6 heteroatoms. The number of hydrogen-bond acceptors (Lipinski definition) is 3. The van der Waals surface area contributed by atoms with Crippen molar-refractivity contribution in [1.82, 2.24) is 5.32 Å². The molecule has 1 aromatic rings. The van der Waals surface area contributed by atoms with E-state index in [4.69, 9.17) is 21.1 Å². The SMILES string of the molecule is CC(C)(C)OC(=O)NCCOc1cccc(Cl)c1Br. The van der Waals surface area contributed by atoms with Crippen LogP contribution in [0.15, 0.2) is 22.7 Å². The van der Waals surface area contributed by atoms with Crippen molar-refractivity contribution < 1.29 is 14.3 Å². The predicted molar refractivity (Wildman–Crippen MR) is 78.9 cm³/mol. The van der Waals surface area contributed by atoms with Gasteiger partial charge < -0.3 is 14.8 Å². The molecule has 0 heterocycles. The summed E-state index contributed by atoms with van der Waals surface area (Å²) < 4.78 is 11.3. The molecule has 0 aromatic heterocycles. The van der Waals surface area contributed by atoms with E-state index in [-0.39, 0.29) is 0 Å². The quantitative estimate of drug-likeness (QED) is 0.835. The summed E-state index contributed by atoms with van der Waals surface area (Å²) in [6.45, 7) is 6.12. The zero-order chi connectivity index (χ0) is 14.5. The lowest BCUT2D eigenvalue weighted by molar-refractivity contribution is 0.0520. The third kappa shape index (κ3) is 6.16. The van der Waals surface area contributed by atoms with Gasteiger partial charge in [0.05, 0.1) is 16.0 Å². The Hall–Kier alpha value is -0.940. The van der Waals surface area contributed by atoms with Gasteiger partial charge in [-0.05, 0) is 48.8 Å². The second-order valence-corrected chi connectivity index (χ2v) is 6.03. The number of carbonyl (C=O) groups excluding carboxylic acids is 1. The minimum Gasteiger partial charge on any atom is -0.491 e. The largest absolute Gasteiger partial charge is 0.491 e. The van der Waals surface area contributed by atoms with Gasteiger partial charge in [-0.15, -0.1) is 0 Å². The van der Waals surface area contributed by atoms with Crippen LogP contribution in [0.2, 0.25) is 5.02 Å². The molecule has 1 rings (SSSR count). The molecule has 0 aliphatic rings. The molecule has 0 saturated heterocycles. The van der Waals surface area contributed by atoms with Crippen LogP contribution in [0, 0.1) is 0 Å². The molecule has 0 aliphatic carbocycles. The van der Waals surface area contributed by atoms with Gasteiger partial charge in [-0.1, -0.05) is 17.7 Å². The van der Waals surface area contributed by atoms with Crippen LogP contribution in [0.3, 0.4) is 0 Å². The van der Waals surface area contributed by atoms with Crippen molar-refractivity contribution in [2.45, 2.75) is 26.4 Å².